The molecular formula is C12H21NO2. The van der Waals surface area contributed by atoms with Crippen LogP contribution >= 0.6 is 0 Å². The van der Waals surface area contributed by atoms with Crippen LogP contribution in [0.2, 0.25) is 0 Å². The Labute approximate surface area is 92.1 Å². The summed E-state index contributed by atoms with van der Waals surface area (Å²) in [5.74, 6) is 0. The number of nitrogens with zero attached hydrogens (tertiary/aromatic N) is 1. The van der Waals surface area contributed by atoms with E-state index in [2.05, 4.69) is 13.0 Å². The molecule has 1 aliphatic heterocycles. The average Bonchev–Trinajstić information content (AvgIpc) is 2.06. The van der Waals surface area contributed by atoms with E-state index >= 15 is 0 Å². The van der Waals surface area contributed by atoms with E-state index in [0.717, 1.165) is 13.0 Å². The fraction of sp³-hybridized carbons (Fsp3) is 0.750. The molecule has 0 radical (unpaired) electrons. The van der Waals surface area contributed by atoms with Crippen LogP contribution in [-0.4, -0.2) is 29.2 Å². The first-order valence-electron chi connectivity index (χ1n) is 5.47. The van der Waals surface area contributed by atoms with Gasteiger partial charge in [-0.05, 0) is 41.0 Å². The van der Waals surface area contributed by atoms with E-state index in [1.54, 1.807) is 4.90 Å². The zero-order valence-electron chi connectivity index (χ0n) is 10.3. The molecule has 0 saturated carbocycles. The SMILES string of the molecule is CC1=CCCN(C(=O)OC(C)(C)C)C1C. The predicted molar refractivity (Wildman–Crippen MR) is 60.8 cm³/mol. The minimum absolute atomic E-state index is 0.161. The van der Waals surface area contributed by atoms with Crippen molar-refractivity contribution >= 4 is 6.09 Å². The minimum atomic E-state index is -0.411. The largest absolute Gasteiger partial charge is 0.444 e. The van der Waals surface area contributed by atoms with Gasteiger partial charge in [0.15, 0.2) is 0 Å². The van der Waals surface area contributed by atoms with E-state index in [-0.39, 0.29) is 12.1 Å². The number of ether oxygens (including phenoxy) is 1. The van der Waals surface area contributed by atoms with Crippen molar-refractivity contribution in [3.8, 4) is 0 Å². The molecule has 3 nitrogen and oxygen atoms in total. The van der Waals surface area contributed by atoms with E-state index in [1.807, 2.05) is 27.7 Å². The molecule has 1 amide bonds. The fourth-order valence-electron chi connectivity index (χ4n) is 1.61. The number of carbonyl (C=O) groups is 1. The highest BCUT2D eigenvalue weighted by atomic mass is 16.6. The molecule has 0 spiro atoms. The molecule has 0 bridgehead atoms. The molecule has 1 rings (SSSR count). The van der Waals surface area contributed by atoms with Gasteiger partial charge in [-0.25, -0.2) is 4.79 Å². The lowest BCUT2D eigenvalue weighted by Gasteiger charge is -2.34. The van der Waals surface area contributed by atoms with Gasteiger partial charge in [-0.15, -0.1) is 0 Å². The summed E-state index contributed by atoms with van der Waals surface area (Å²) >= 11 is 0. The lowest BCUT2D eigenvalue weighted by Crippen LogP contribution is -2.44. The highest BCUT2D eigenvalue weighted by Gasteiger charge is 2.27. The van der Waals surface area contributed by atoms with Crippen LogP contribution in [0.5, 0.6) is 0 Å². The maximum atomic E-state index is 11.8. The smallest absolute Gasteiger partial charge is 0.410 e. The van der Waals surface area contributed by atoms with Gasteiger partial charge in [-0.2, -0.15) is 0 Å². The van der Waals surface area contributed by atoms with Gasteiger partial charge in [0.25, 0.3) is 0 Å². The predicted octanol–water partition coefficient (Wildman–Crippen LogP) is 2.96. The second-order valence-corrected chi connectivity index (χ2v) is 5.09. The molecule has 1 unspecified atom stereocenters. The van der Waals surface area contributed by atoms with Gasteiger partial charge in [0.2, 0.25) is 0 Å². The van der Waals surface area contributed by atoms with E-state index in [1.165, 1.54) is 5.57 Å². The van der Waals surface area contributed by atoms with Crippen molar-refractivity contribution in [1.29, 1.82) is 0 Å². The third-order valence-corrected chi connectivity index (χ3v) is 2.59. The van der Waals surface area contributed by atoms with Crippen LogP contribution in [0.25, 0.3) is 0 Å². The Morgan fingerprint density at radius 1 is 1.53 bits per heavy atom. The van der Waals surface area contributed by atoms with E-state index in [4.69, 9.17) is 4.74 Å². The lowest BCUT2D eigenvalue weighted by molar-refractivity contribution is 0.0196. The number of amides is 1. The molecule has 15 heavy (non-hydrogen) atoms. The summed E-state index contributed by atoms with van der Waals surface area (Å²) in [6.07, 6.45) is 2.91. The summed E-state index contributed by atoms with van der Waals surface area (Å²) in [7, 11) is 0. The van der Waals surface area contributed by atoms with Gasteiger partial charge in [0, 0.05) is 6.54 Å². The summed E-state index contributed by atoms with van der Waals surface area (Å²) < 4.78 is 5.36. The Bertz CT molecular complexity index is 276. The molecule has 1 aliphatic rings. The number of rotatable bonds is 0. The zero-order chi connectivity index (χ0) is 11.6. The molecule has 0 aromatic rings. The quantitative estimate of drug-likeness (QED) is 0.576. The van der Waals surface area contributed by atoms with Crippen LogP contribution in [0, 0.1) is 0 Å². The highest BCUT2D eigenvalue weighted by molar-refractivity contribution is 5.69. The summed E-state index contributed by atoms with van der Waals surface area (Å²) in [6.45, 7) is 10.5. The Kier molecular flexibility index (Phi) is 3.42. The Morgan fingerprint density at radius 2 is 2.13 bits per heavy atom. The first-order chi connectivity index (χ1) is 6.81. The van der Waals surface area contributed by atoms with Crippen LogP contribution in [0.3, 0.4) is 0 Å². The summed E-state index contributed by atoms with van der Waals surface area (Å²) in [5.41, 5.74) is 0.832. The van der Waals surface area contributed by atoms with E-state index in [0.29, 0.717) is 0 Å². The average molecular weight is 211 g/mol. The zero-order valence-corrected chi connectivity index (χ0v) is 10.3. The van der Waals surface area contributed by atoms with Crippen molar-refractivity contribution < 1.29 is 9.53 Å². The second-order valence-electron chi connectivity index (χ2n) is 5.09. The number of carbonyl (C=O) groups excluding carboxylic acids is 1. The molecule has 1 atom stereocenters. The van der Waals surface area contributed by atoms with Gasteiger partial charge in [0.05, 0.1) is 6.04 Å². The first kappa shape index (κ1) is 12.1. The minimum Gasteiger partial charge on any atom is -0.444 e. The molecule has 0 fully saturated rings. The van der Waals surface area contributed by atoms with Gasteiger partial charge >= 0.3 is 6.09 Å². The third kappa shape index (κ3) is 3.26. The van der Waals surface area contributed by atoms with E-state index in [9.17, 15) is 4.79 Å². The van der Waals surface area contributed by atoms with Gasteiger partial charge in [-0.1, -0.05) is 11.6 Å². The number of hydrogen-bond donors (Lipinski definition) is 0. The summed E-state index contributed by atoms with van der Waals surface area (Å²) in [4.78, 5) is 13.6. The number of hydrogen-bond acceptors (Lipinski definition) is 2. The molecule has 0 saturated heterocycles. The van der Waals surface area contributed by atoms with Crippen LogP contribution in [0.15, 0.2) is 11.6 Å². The lowest BCUT2D eigenvalue weighted by atomic mass is 10.0. The Balaban J connectivity index is 2.65. The maximum absolute atomic E-state index is 11.8. The molecule has 86 valence electrons. The van der Waals surface area contributed by atoms with E-state index < -0.39 is 5.60 Å². The third-order valence-electron chi connectivity index (χ3n) is 2.59. The molecule has 0 aromatic carbocycles. The van der Waals surface area contributed by atoms with Crippen molar-refractivity contribution in [1.82, 2.24) is 4.90 Å². The second kappa shape index (κ2) is 4.25. The molecular weight excluding hydrogens is 190 g/mol. The van der Waals surface area contributed by atoms with Crippen molar-refractivity contribution in [2.75, 3.05) is 6.54 Å². The standard InChI is InChI=1S/C12H21NO2/c1-9-7-6-8-13(10(9)2)11(14)15-12(3,4)5/h7,10H,6,8H2,1-5H3. The summed E-state index contributed by atoms with van der Waals surface area (Å²) in [5, 5.41) is 0. The normalized spacial score (nSPS) is 22.3. The first-order valence-corrected chi connectivity index (χ1v) is 5.47. The highest BCUT2D eigenvalue weighted by Crippen LogP contribution is 2.20. The van der Waals surface area contributed by atoms with Crippen molar-refractivity contribution in [2.24, 2.45) is 0 Å². The van der Waals surface area contributed by atoms with Gasteiger partial charge in [-0.3, -0.25) is 0 Å². The van der Waals surface area contributed by atoms with Crippen LogP contribution in [0.1, 0.15) is 41.0 Å². The van der Waals surface area contributed by atoms with Crippen LogP contribution in [-0.2, 0) is 4.74 Å². The molecule has 0 aliphatic carbocycles. The van der Waals surface area contributed by atoms with Crippen LogP contribution in [0.4, 0.5) is 4.79 Å². The van der Waals surface area contributed by atoms with Crippen molar-refractivity contribution in [3.05, 3.63) is 11.6 Å². The Hall–Kier alpha value is -0.990. The monoisotopic (exact) mass is 211 g/mol. The van der Waals surface area contributed by atoms with Crippen molar-refractivity contribution in [3.63, 3.8) is 0 Å². The molecule has 0 aromatic heterocycles. The topological polar surface area (TPSA) is 29.5 Å². The van der Waals surface area contributed by atoms with Crippen LogP contribution < -0.4 is 0 Å². The van der Waals surface area contributed by atoms with Gasteiger partial charge in [0.1, 0.15) is 5.60 Å². The molecule has 1 heterocycles. The van der Waals surface area contributed by atoms with Gasteiger partial charge < -0.3 is 9.64 Å². The molecule has 0 N–H and O–H groups in total. The van der Waals surface area contributed by atoms with Crippen molar-refractivity contribution in [2.45, 2.75) is 52.7 Å². The summed E-state index contributed by atoms with van der Waals surface area (Å²) in [6, 6.07) is 0.161. The Morgan fingerprint density at radius 3 is 2.67 bits per heavy atom. The molecule has 3 heteroatoms. The maximum Gasteiger partial charge on any atom is 0.410 e. The fourth-order valence-corrected chi connectivity index (χ4v) is 1.61.